The van der Waals surface area contributed by atoms with E-state index in [0.717, 1.165) is 42.5 Å². The summed E-state index contributed by atoms with van der Waals surface area (Å²) >= 11 is 12.0. The van der Waals surface area contributed by atoms with Gasteiger partial charge in [0.1, 0.15) is 17.7 Å². The van der Waals surface area contributed by atoms with Crippen molar-refractivity contribution in [1.82, 2.24) is 19.8 Å². The van der Waals surface area contributed by atoms with Crippen LogP contribution < -0.4 is 9.64 Å². The van der Waals surface area contributed by atoms with Crippen LogP contribution in [-0.4, -0.2) is 39.0 Å². The van der Waals surface area contributed by atoms with Gasteiger partial charge in [0.2, 0.25) is 0 Å². The highest BCUT2D eigenvalue weighted by atomic mass is 35.5. The predicted octanol–water partition coefficient (Wildman–Crippen LogP) is 3.40. The number of anilines is 1. The molecule has 0 saturated carbocycles. The Balaban J connectivity index is 1.48. The highest BCUT2D eigenvalue weighted by Crippen LogP contribution is 2.28. The van der Waals surface area contributed by atoms with Crippen LogP contribution in [0.2, 0.25) is 10.0 Å². The molecule has 2 aromatic heterocycles. The van der Waals surface area contributed by atoms with Crippen LogP contribution in [0.1, 0.15) is 12.2 Å². The lowest BCUT2D eigenvalue weighted by Gasteiger charge is -2.18. The number of halogens is 2. The van der Waals surface area contributed by atoms with Crippen LogP contribution in [-0.2, 0) is 0 Å². The number of fused-ring (bicyclic) bond motifs is 1. The topological polar surface area (TPSA) is 55.5 Å². The van der Waals surface area contributed by atoms with E-state index < -0.39 is 0 Å². The Bertz CT molecular complexity index is 897. The standard InChI is InChI=1S/C16H15Cl2N5O/c1-10-19-20-15-4-5-16(21-23(10)15)22-7-6-12(9-22)24-11-2-3-13(17)14(18)8-11/h2-5,8,12H,6-7,9H2,1H3. The van der Waals surface area contributed by atoms with E-state index in [1.165, 1.54) is 0 Å². The van der Waals surface area contributed by atoms with Crippen LogP contribution in [0.5, 0.6) is 5.75 Å². The van der Waals surface area contributed by atoms with Crippen LogP contribution in [0.15, 0.2) is 30.3 Å². The number of hydrogen-bond acceptors (Lipinski definition) is 5. The molecule has 124 valence electrons. The molecule has 1 atom stereocenters. The molecule has 0 amide bonds. The molecule has 0 radical (unpaired) electrons. The maximum atomic E-state index is 6.04. The van der Waals surface area contributed by atoms with Crippen molar-refractivity contribution in [3.63, 3.8) is 0 Å². The molecule has 1 saturated heterocycles. The van der Waals surface area contributed by atoms with Crippen LogP contribution in [0.4, 0.5) is 5.82 Å². The van der Waals surface area contributed by atoms with Gasteiger partial charge in [0.15, 0.2) is 11.5 Å². The molecule has 24 heavy (non-hydrogen) atoms. The van der Waals surface area contributed by atoms with Gasteiger partial charge in [-0.15, -0.1) is 15.3 Å². The number of rotatable bonds is 3. The first kappa shape index (κ1) is 15.5. The van der Waals surface area contributed by atoms with Crippen molar-refractivity contribution in [1.29, 1.82) is 0 Å². The molecule has 1 aliphatic rings. The second-order valence-corrected chi connectivity index (χ2v) is 6.57. The summed E-state index contributed by atoms with van der Waals surface area (Å²) < 4.78 is 7.77. The first-order chi connectivity index (χ1) is 11.6. The van der Waals surface area contributed by atoms with E-state index in [9.17, 15) is 0 Å². The minimum Gasteiger partial charge on any atom is -0.488 e. The molecule has 1 unspecified atom stereocenters. The van der Waals surface area contributed by atoms with Gasteiger partial charge in [-0.25, -0.2) is 0 Å². The molecule has 0 bridgehead atoms. The van der Waals surface area contributed by atoms with E-state index in [2.05, 4.69) is 20.2 Å². The van der Waals surface area contributed by atoms with Crippen molar-refractivity contribution < 1.29 is 4.74 Å². The summed E-state index contributed by atoms with van der Waals surface area (Å²) in [4.78, 5) is 2.20. The number of benzene rings is 1. The molecule has 4 rings (SSSR count). The molecular formula is C16H15Cl2N5O. The Morgan fingerprint density at radius 1 is 1.12 bits per heavy atom. The first-order valence-corrected chi connectivity index (χ1v) is 8.41. The summed E-state index contributed by atoms with van der Waals surface area (Å²) in [5, 5.41) is 13.7. The van der Waals surface area contributed by atoms with Gasteiger partial charge in [-0.2, -0.15) is 4.52 Å². The zero-order chi connectivity index (χ0) is 16.7. The fourth-order valence-electron chi connectivity index (χ4n) is 2.83. The van der Waals surface area contributed by atoms with Gasteiger partial charge >= 0.3 is 0 Å². The van der Waals surface area contributed by atoms with Gasteiger partial charge < -0.3 is 9.64 Å². The maximum absolute atomic E-state index is 6.04. The van der Waals surface area contributed by atoms with E-state index >= 15 is 0 Å². The van der Waals surface area contributed by atoms with Gasteiger partial charge in [-0.05, 0) is 31.2 Å². The third-order valence-electron chi connectivity index (χ3n) is 4.07. The highest BCUT2D eigenvalue weighted by Gasteiger charge is 2.25. The van der Waals surface area contributed by atoms with E-state index in [1.54, 1.807) is 16.6 Å². The second-order valence-electron chi connectivity index (χ2n) is 5.76. The summed E-state index contributed by atoms with van der Waals surface area (Å²) in [5.41, 5.74) is 0.749. The monoisotopic (exact) mass is 363 g/mol. The lowest BCUT2D eigenvalue weighted by Crippen LogP contribution is -2.25. The number of nitrogens with zero attached hydrogens (tertiary/aromatic N) is 5. The smallest absolute Gasteiger partial charge is 0.178 e. The summed E-state index contributed by atoms with van der Waals surface area (Å²) in [7, 11) is 0. The predicted molar refractivity (Wildman–Crippen MR) is 93.2 cm³/mol. The van der Waals surface area contributed by atoms with Gasteiger partial charge in [0.05, 0.1) is 16.6 Å². The van der Waals surface area contributed by atoms with Crippen molar-refractivity contribution in [2.45, 2.75) is 19.4 Å². The van der Waals surface area contributed by atoms with E-state index in [-0.39, 0.29) is 6.10 Å². The quantitative estimate of drug-likeness (QED) is 0.713. The SMILES string of the molecule is Cc1nnc2ccc(N3CCC(Oc4ccc(Cl)c(Cl)c4)C3)nn12. The number of ether oxygens (including phenoxy) is 1. The molecule has 8 heteroatoms. The van der Waals surface area contributed by atoms with Crippen molar-refractivity contribution in [3.05, 3.63) is 46.2 Å². The highest BCUT2D eigenvalue weighted by molar-refractivity contribution is 6.42. The Morgan fingerprint density at radius 2 is 2.00 bits per heavy atom. The van der Waals surface area contributed by atoms with Crippen molar-refractivity contribution >= 4 is 34.7 Å². The second kappa shape index (κ2) is 6.11. The average Bonchev–Trinajstić information content (AvgIpc) is 3.18. The van der Waals surface area contributed by atoms with E-state index in [0.29, 0.717) is 10.0 Å². The summed E-state index contributed by atoms with van der Waals surface area (Å²) in [5.74, 6) is 2.40. The van der Waals surface area contributed by atoms with Gasteiger partial charge in [-0.3, -0.25) is 0 Å². The van der Waals surface area contributed by atoms with Crippen LogP contribution in [0.3, 0.4) is 0 Å². The van der Waals surface area contributed by atoms with Gasteiger partial charge in [-0.1, -0.05) is 23.2 Å². The van der Waals surface area contributed by atoms with E-state index in [4.69, 9.17) is 27.9 Å². The number of hydrogen-bond donors (Lipinski definition) is 0. The Labute approximate surface area is 149 Å². The lowest BCUT2D eigenvalue weighted by atomic mass is 10.3. The molecule has 3 heterocycles. The van der Waals surface area contributed by atoms with Crippen molar-refractivity contribution in [3.8, 4) is 5.75 Å². The minimum atomic E-state index is 0.0850. The van der Waals surface area contributed by atoms with Crippen LogP contribution in [0.25, 0.3) is 5.65 Å². The lowest BCUT2D eigenvalue weighted by molar-refractivity contribution is 0.225. The Morgan fingerprint density at radius 3 is 2.83 bits per heavy atom. The third-order valence-corrected chi connectivity index (χ3v) is 4.81. The van der Waals surface area contributed by atoms with Gasteiger partial charge in [0.25, 0.3) is 0 Å². The molecule has 0 N–H and O–H groups in total. The van der Waals surface area contributed by atoms with Crippen LogP contribution in [0, 0.1) is 6.92 Å². The molecular weight excluding hydrogens is 349 g/mol. The fourth-order valence-corrected chi connectivity index (χ4v) is 3.12. The van der Waals surface area contributed by atoms with Crippen molar-refractivity contribution in [2.75, 3.05) is 18.0 Å². The largest absolute Gasteiger partial charge is 0.488 e. The molecule has 1 aromatic carbocycles. The van der Waals surface area contributed by atoms with Crippen LogP contribution >= 0.6 is 23.2 Å². The molecule has 6 nitrogen and oxygen atoms in total. The van der Waals surface area contributed by atoms with Gasteiger partial charge in [0, 0.05) is 19.0 Å². The zero-order valence-corrected chi connectivity index (χ0v) is 14.5. The minimum absolute atomic E-state index is 0.0850. The molecule has 0 aliphatic carbocycles. The summed E-state index contributed by atoms with van der Waals surface area (Å²) in [6, 6.07) is 9.22. The normalized spacial score (nSPS) is 17.6. The average molecular weight is 364 g/mol. The summed E-state index contributed by atoms with van der Waals surface area (Å²) in [6.07, 6.45) is 1.00. The van der Waals surface area contributed by atoms with Crippen molar-refractivity contribution in [2.24, 2.45) is 0 Å². The first-order valence-electron chi connectivity index (χ1n) is 7.66. The van der Waals surface area contributed by atoms with E-state index in [1.807, 2.05) is 25.1 Å². The Hall–Kier alpha value is -2.05. The molecule has 0 spiro atoms. The zero-order valence-electron chi connectivity index (χ0n) is 13.0. The molecule has 3 aromatic rings. The fraction of sp³-hybridized carbons (Fsp3) is 0.312. The number of aryl methyl sites for hydroxylation is 1. The summed E-state index contributed by atoms with van der Waals surface area (Å²) in [6.45, 7) is 3.53. The molecule has 1 aliphatic heterocycles. The Kier molecular flexibility index (Phi) is 3.94. The third kappa shape index (κ3) is 2.87. The number of aromatic nitrogens is 4. The maximum Gasteiger partial charge on any atom is 0.178 e. The molecule has 1 fully saturated rings.